The molecule has 7 nitrogen and oxygen atoms in total. The Kier molecular flexibility index (Phi) is 5.43. The molecular weight excluding hydrogens is 354 g/mol. The van der Waals surface area contributed by atoms with Gasteiger partial charge in [-0.1, -0.05) is 13.3 Å². The van der Waals surface area contributed by atoms with Gasteiger partial charge in [-0.2, -0.15) is 0 Å². The van der Waals surface area contributed by atoms with E-state index < -0.39 is 17.4 Å². The molecule has 1 aromatic carbocycles. The highest BCUT2D eigenvalue weighted by Gasteiger charge is 2.14. The van der Waals surface area contributed by atoms with Crippen LogP contribution < -0.4 is 10.9 Å². The first-order chi connectivity index (χ1) is 12.6. The Labute approximate surface area is 153 Å². The van der Waals surface area contributed by atoms with Crippen molar-refractivity contribution in [1.29, 1.82) is 0 Å². The third-order valence-electron chi connectivity index (χ3n) is 3.70. The fraction of sp³-hybridized carbons (Fsp3) is 0.222. The summed E-state index contributed by atoms with van der Waals surface area (Å²) in [7, 11) is 0. The molecule has 1 N–H and O–H groups in total. The van der Waals surface area contributed by atoms with E-state index in [4.69, 9.17) is 4.74 Å². The maximum atomic E-state index is 12.3. The fourth-order valence-electron chi connectivity index (χ4n) is 2.26. The van der Waals surface area contributed by atoms with E-state index in [9.17, 15) is 14.4 Å². The smallest absolute Gasteiger partial charge is 0.338 e. The van der Waals surface area contributed by atoms with Crippen LogP contribution in [-0.2, 0) is 4.74 Å². The highest BCUT2D eigenvalue weighted by atomic mass is 32.1. The van der Waals surface area contributed by atoms with Crippen LogP contribution in [0.5, 0.6) is 0 Å². The third kappa shape index (κ3) is 3.80. The van der Waals surface area contributed by atoms with E-state index in [-0.39, 0.29) is 5.56 Å². The van der Waals surface area contributed by atoms with Crippen molar-refractivity contribution in [2.75, 3.05) is 11.9 Å². The van der Waals surface area contributed by atoms with E-state index >= 15 is 0 Å². The normalized spacial score (nSPS) is 10.7. The zero-order chi connectivity index (χ0) is 18.5. The first-order valence-electron chi connectivity index (χ1n) is 8.13. The molecule has 8 heteroatoms. The van der Waals surface area contributed by atoms with E-state index in [1.807, 2.05) is 6.92 Å². The molecule has 26 heavy (non-hydrogen) atoms. The van der Waals surface area contributed by atoms with Crippen molar-refractivity contribution in [2.45, 2.75) is 19.8 Å². The number of amides is 1. The van der Waals surface area contributed by atoms with Crippen LogP contribution in [0.4, 0.5) is 5.69 Å². The van der Waals surface area contributed by atoms with Gasteiger partial charge in [0.1, 0.15) is 5.56 Å². The van der Waals surface area contributed by atoms with Crippen LogP contribution in [0.2, 0.25) is 0 Å². The summed E-state index contributed by atoms with van der Waals surface area (Å²) in [5.74, 6) is -0.956. The molecule has 0 aliphatic heterocycles. The topological polar surface area (TPSA) is 89.8 Å². The van der Waals surface area contributed by atoms with Gasteiger partial charge in [0, 0.05) is 23.5 Å². The molecule has 134 valence electrons. The molecule has 0 fully saturated rings. The first kappa shape index (κ1) is 17.8. The number of rotatable bonds is 6. The molecule has 3 rings (SSSR count). The largest absolute Gasteiger partial charge is 0.462 e. The van der Waals surface area contributed by atoms with E-state index in [2.05, 4.69) is 10.3 Å². The molecule has 2 aromatic heterocycles. The minimum Gasteiger partial charge on any atom is -0.462 e. The van der Waals surface area contributed by atoms with Crippen molar-refractivity contribution < 1.29 is 14.3 Å². The summed E-state index contributed by atoms with van der Waals surface area (Å²) in [5, 5.41) is 4.36. The molecular formula is C18H17N3O4S. The Balaban J connectivity index is 1.70. The average molecular weight is 371 g/mol. The number of unbranched alkanes of at least 4 members (excludes halogenated alkanes) is 1. The summed E-state index contributed by atoms with van der Waals surface area (Å²) in [6, 6.07) is 6.30. The molecule has 3 aromatic rings. The Morgan fingerprint density at radius 1 is 1.27 bits per heavy atom. The molecule has 0 bridgehead atoms. The third-order valence-corrected chi connectivity index (χ3v) is 4.47. The lowest BCUT2D eigenvalue weighted by Crippen LogP contribution is -2.25. The summed E-state index contributed by atoms with van der Waals surface area (Å²) in [6.07, 6.45) is 4.61. The van der Waals surface area contributed by atoms with Crippen molar-refractivity contribution in [3.05, 3.63) is 63.5 Å². The van der Waals surface area contributed by atoms with Gasteiger partial charge in [0.05, 0.1) is 12.2 Å². The van der Waals surface area contributed by atoms with Crippen molar-refractivity contribution in [1.82, 2.24) is 9.38 Å². The second-order valence-electron chi connectivity index (χ2n) is 5.55. The van der Waals surface area contributed by atoms with Crippen LogP contribution in [-0.4, -0.2) is 27.9 Å². The molecule has 0 saturated heterocycles. The molecule has 0 aliphatic carbocycles. The number of nitrogens with one attached hydrogen (secondary N) is 1. The number of hydrogen-bond acceptors (Lipinski definition) is 6. The molecule has 0 atom stereocenters. The summed E-state index contributed by atoms with van der Waals surface area (Å²) in [5.41, 5.74) is 0.393. The fourth-order valence-corrected chi connectivity index (χ4v) is 2.94. The van der Waals surface area contributed by atoms with Crippen molar-refractivity contribution >= 4 is 33.9 Å². The molecule has 0 spiro atoms. The number of anilines is 1. The van der Waals surface area contributed by atoms with Gasteiger partial charge in [-0.3, -0.25) is 14.0 Å². The van der Waals surface area contributed by atoms with Crippen LogP contribution in [0, 0.1) is 0 Å². The maximum Gasteiger partial charge on any atom is 0.338 e. The molecule has 2 heterocycles. The van der Waals surface area contributed by atoms with Gasteiger partial charge in [-0.15, -0.1) is 11.3 Å². The number of benzene rings is 1. The Morgan fingerprint density at radius 2 is 2.04 bits per heavy atom. The number of carbonyl (C=O) groups excluding carboxylic acids is 2. The standard InChI is InChI=1S/C18H17N3O4S/c1-2-3-9-25-17(24)12-4-6-13(7-5-12)20-15(22)14-11-19-18-21(16(14)23)8-10-26-18/h4-8,10-11H,2-3,9H2,1H3,(H,20,22). The average Bonchev–Trinajstić information content (AvgIpc) is 3.12. The minimum absolute atomic E-state index is 0.0519. The monoisotopic (exact) mass is 371 g/mol. The van der Waals surface area contributed by atoms with Gasteiger partial charge in [0.15, 0.2) is 4.96 Å². The van der Waals surface area contributed by atoms with Crippen LogP contribution >= 0.6 is 11.3 Å². The Morgan fingerprint density at radius 3 is 2.77 bits per heavy atom. The zero-order valence-corrected chi connectivity index (χ0v) is 14.9. The summed E-state index contributed by atoms with van der Waals surface area (Å²) >= 11 is 1.31. The lowest BCUT2D eigenvalue weighted by Gasteiger charge is -2.07. The minimum atomic E-state index is -0.554. The van der Waals surface area contributed by atoms with E-state index in [1.165, 1.54) is 21.9 Å². The second-order valence-corrected chi connectivity index (χ2v) is 6.43. The van der Waals surface area contributed by atoms with Crippen molar-refractivity contribution in [3.8, 4) is 0 Å². The number of ether oxygens (including phenoxy) is 1. The van der Waals surface area contributed by atoms with Crippen molar-refractivity contribution in [3.63, 3.8) is 0 Å². The lowest BCUT2D eigenvalue weighted by molar-refractivity contribution is 0.0499. The van der Waals surface area contributed by atoms with Gasteiger partial charge >= 0.3 is 5.97 Å². The Bertz CT molecular complexity index is 992. The van der Waals surface area contributed by atoms with Gasteiger partial charge < -0.3 is 10.1 Å². The van der Waals surface area contributed by atoms with E-state index in [0.717, 1.165) is 12.8 Å². The Hall–Kier alpha value is -3.00. The van der Waals surface area contributed by atoms with Crippen LogP contribution in [0.25, 0.3) is 4.96 Å². The number of fused-ring (bicyclic) bond motifs is 1. The number of thiazole rings is 1. The zero-order valence-electron chi connectivity index (χ0n) is 14.1. The van der Waals surface area contributed by atoms with Crippen molar-refractivity contribution in [2.24, 2.45) is 0 Å². The number of aromatic nitrogens is 2. The predicted octanol–water partition coefficient (Wildman–Crippen LogP) is 2.97. The first-order valence-corrected chi connectivity index (χ1v) is 9.01. The SMILES string of the molecule is CCCCOC(=O)c1ccc(NC(=O)c2cnc3sccn3c2=O)cc1. The maximum absolute atomic E-state index is 12.3. The highest BCUT2D eigenvalue weighted by Crippen LogP contribution is 2.12. The van der Waals surface area contributed by atoms with Gasteiger partial charge in [0.25, 0.3) is 11.5 Å². The number of nitrogens with zero attached hydrogens (tertiary/aromatic N) is 2. The molecule has 0 aliphatic rings. The number of carbonyl (C=O) groups is 2. The molecule has 0 radical (unpaired) electrons. The van der Waals surface area contributed by atoms with Crippen LogP contribution in [0.15, 0.2) is 46.8 Å². The summed E-state index contributed by atoms with van der Waals surface area (Å²) < 4.78 is 6.46. The lowest BCUT2D eigenvalue weighted by atomic mass is 10.2. The summed E-state index contributed by atoms with van der Waals surface area (Å²) in [6.45, 7) is 2.40. The van der Waals surface area contributed by atoms with Crippen LogP contribution in [0.3, 0.4) is 0 Å². The van der Waals surface area contributed by atoms with Gasteiger partial charge in [-0.05, 0) is 30.7 Å². The molecule has 0 unspecified atom stereocenters. The van der Waals surface area contributed by atoms with E-state index in [0.29, 0.717) is 22.8 Å². The predicted molar refractivity (Wildman–Crippen MR) is 98.9 cm³/mol. The van der Waals surface area contributed by atoms with E-state index in [1.54, 1.807) is 35.8 Å². The highest BCUT2D eigenvalue weighted by molar-refractivity contribution is 7.15. The summed E-state index contributed by atoms with van der Waals surface area (Å²) in [4.78, 5) is 41.1. The molecule has 1 amide bonds. The van der Waals surface area contributed by atoms with Crippen LogP contribution in [0.1, 0.15) is 40.5 Å². The second kappa shape index (κ2) is 7.92. The van der Waals surface area contributed by atoms with Gasteiger partial charge in [-0.25, -0.2) is 9.78 Å². The molecule has 0 saturated carbocycles. The number of hydrogen-bond donors (Lipinski definition) is 1. The number of esters is 1. The quantitative estimate of drug-likeness (QED) is 0.531. The van der Waals surface area contributed by atoms with Gasteiger partial charge in [0.2, 0.25) is 0 Å².